The van der Waals surface area contributed by atoms with E-state index in [4.69, 9.17) is 0 Å². The van der Waals surface area contributed by atoms with Gasteiger partial charge in [0, 0.05) is 44.5 Å². The summed E-state index contributed by atoms with van der Waals surface area (Å²) in [5, 5.41) is 0. The minimum Gasteiger partial charge on any atom is -0.203 e. The summed E-state index contributed by atoms with van der Waals surface area (Å²) in [4.78, 5) is 0. The fourth-order valence-electron chi connectivity index (χ4n) is 9.85. The number of rotatable bonds is 8. The molecular weight excluding hydrogens is 1110 g/mol. The molecule has 12 rings (SSSR count). The van der Waals surface area contributed by atoms with Crippen molar-refractivity contribution in [3.8, 4) is 89.0 Å². The number of hydrogen-bond donors (Lipinski definition) is 0. The minimum atomic E-state index is -0.804. The lowest BCUT2D eigenvalue weighted by atomic mass is 9.98. The van der Waals surface area contributed by atoms with Crippen molar-refractivity contribution >= 4 is 0 Å². The quantitative estimate of drug-likeness (QED) is 0.133. The zero-order chi connectivity index (χ0) is 62.8. The highest BCUT2D eigenvalue weighted by Crippen LogP contribution is 2.36. The van der Waals surface area contributed by atoms with Crippen LogP contribution in [0.1, 0.15) is 44.5 Å². The van der Waals surface area contributed by atoms with Crippen molar-refractivity contribution in [2.24, 2.45) is 0 Å². The van der Waals surface area contributed by atoms with Crippen LogP contribution in [0.5, 0.6) is 0 Å². The maximum absolute atomic E-state index is 14.4. The van der Waals surface area contributed by atoms with Crippen molar-refractivity contribution in [1.29, 1.82) is 0 Å². The van der Waals surface area contributed by atoms with E-state index in [1.165, 1.54) is 0 Å². The lowest BCUT2D eigenvalue weighted by molar-refractivity contribution is 0.514. The molecule has 0 nitrogen and oxygen atoms in total. The van der Waals surface area contributed by atoms with Crippen LogP contribution >= 0.6 is 0 Å². The van der Waals surface area contributed by atoms with Crippen molar-refractivity contribution in [3.05, 3.63) is 334 Å². The Morgan fingerprint density at radius 1 is 0.125 bits per heavy atom. The lowest BCUT2D eigenvalue weighted by Crippen LogP contribution is -1.94. The van der Waals surface area contributed by atoms with E-state index in [0.717, 1.165) is 44.5 Å². The molecule has 0 aliphatic rings. The molecule has 0 saturated heterocycles. The fourth-order valence-corrected chi connectivity index (χ4v) is 9.85. The van der Waals surface area contributed by atoms with Crippen LogP contribution < -0.4 is 0 Å². The molecule has 0 aliphatic heterocycles. The van der Waals surface area contributed by atoms with Gasteiger partial charge in [-0.15, -0.1) is 0 Å². The van der Waals surface area contributed by atoms with Crippen molar-refractivity contribution in [1.82, 2.24) is 0 Å². The van der Waals surface area contributed by atoms with Gasteiger partial charge in [-0.25, -0.2) is 35.1 Å². The zero-order valence-electron chi connectivity index (χ0n) is 50.1. The second-order valence-electron chi connectivity index (χ2n) is 22.1. The molecule has 0 aromatic heterocycles. The van der Waals surface area contributed by atoms with Crippen LogP contribution in [0.2, 0.25) is 0 Å². The van der Waals surface area contributed by atoms with Gasteiger partial charge in [0.15, 0.2) is 46.5 Å². The van der Waals surface area contributed by atoms with Gasteiger partial charge in [0.25, 0.3) is 0 Å². The predicted octanol–water partition coefficient (Wildman–Crippen LogP) is 23.7. The van der Waals surface area contributed by atoms with Gasteiger partial charge in [0.1, 0.15) is 0 Å². The molecule has 0 fully saturated rings. The smallest absolute Gasteiger partial charge is 0.167 e. The molecule has 0 bridgehead atoms. The van der Waals surface area contributed by atoms with E-state index in [1.807, 2.05) is 152 Å². The average molecular weight is 1180 g/mol. The zero-order valence-corrected chi connectivity index (χ0v) is 50.1. The molecule has 88 heavy (non-hydrogen) atoms. The molecule has 0 aliphatic carbocycles. The van der Waals surface area contributed by atoms with Gasteiger partial charge in [-0.05, 0) is 99.9 Å². The molecule has 440 valence electrons. The second kappa shape index (κ2) is 28.1. The largest absolute Gasteiger partial charge is 0.203 e. The van der Waals surface area contributed by atoms with Gasteiger partial charge in [0.05, 0.1) is 0 Å². The van der Waals surface area contributed by atoms with E-state index in [2.05, 4.69) is 0 Å². The van der Waals surface area contributed by atoms with E-state index >= 15 is 0 Å². The Balaban J connectivity index is 0.000000140. The van der Waals surface area contributed by atoms with Crippen LogP contribution in [-0.2, 0) is 0 Å². The molecular formula is C80H64F8. The highest BCUT2D eigenvalue weighted by atomic mass is 19.2. The molecule has 0 amide bonds. The Hall–Kier alpha value is -9.92. The molecule has 0 N–H and O–H groups in total. The Bertz CT molecular complexity index is 3490. The maximum Gasteiger partial charge on any atom is 0.167 e. The third kappa shape index (κ3) is 14.8. The van der Waals surface area contributed by atoms with E-state index in [1.54, 1.807) is 146 Å². The monoisotopic (exact) mass is 1180 g/mol. The molecule has 0 atom stereocenters. The number of aryl methyl sites for hydroxylation is 8. The molecule has 0 saturated carbocycles. The Kier molecular flexibility index (Phi) is 20.0. The van der Waals surface area contributed by atoms with Crippen molar-refractivity contribution in [3.63, 3.8) is 0 Å². The first kappa shape index (κ1) is 62.6. The van der Waals surface area contributed by atoms with E-state index in [9.17, 15) is 35.1 Å². The third-order valence-electron chi connectivity index (χ3n) is 15.2. The van der Waals surface area contributed by atoms with Crippen LogP contribution in [0.15, 0.2) is 243 Å². The SMILES string of the molecule is Cc1ccc(-c2ccc(-c3ccc(C)cc3)c(F)c2F)cc1.Cc1ccc(-c2ccc(-c3ccc(C)cc3)c(F)c2F)cc1.Cc1ccc(-c2ccc(-c3ccc(C)cc3)c(F)c2F)cc1.Cc1ccc(-c2ccc(-c3ccc(C)cc3)c(F)c2F)cc1. The topological polar surface area (TPSA) is 0 Å². The molecule has 0 spiro atoms. The van der Waals surface area contributed by atoms with Gasteiger partial charge in [-0.2, -0.15) is 0 Å². The first-order valence-electron chi connectivity index (χ1n) is 28.7. The summed E-state index contributed by atoms with van der Waals surface area (Å²) >= 11 is 0. The molecule has 0 heterocycles. The Labute approximate surface area is 510 Å². The van der Waals surface area contributed by atoms with E-state index in [0.29, 0.717) is 44.5 Å². The summed E-state index contributed by atoms with van der Waals surface area (Å²) in [6, 6.07) is 72.2. The first-order valence-corrected chi connectivity index (χ1v) is 28.7. The van der Waals surface area contributed by atoms with Gasteiger partial charge in [0.2, 0.25) is 0 Å². The fraction of sp³-hybridized carbons (Fsp3) is 0.100. The summed E-state index contributed by atoms with van der Waals surface area (Å²) in [5.74, 6) is -6.43. The van der Waals surface area contributed by atoms with Crippen LogP contribution in [0.4, 0.5) is 35.1 Å². The highest BCUT2D eigenvalue weighted by Gasteiger charge is 2.20. The first-order chi connectivity index (χ1) is 42.2. The third-order valence-corrected chi connectivity index (χ3v) is 15.2. The molecule has 8 heteroatoms. The van der Waals surface area contributed by atoms with E-state index in [-0.39, 0.29) is 44.5 Å². The summed E-state index contributed by atoms with van der Waals surface area (Å²) in [7, 11) is 0. The second-order valence-corrected chi connectivity index (χ2v) is 22.1. The summed E-state index contributed by atoms with van der Waals surface area (Å²) in [6.07, 6.45) is 0. The minimum absolute atomic E-state index is 0.286. The number of benzene rings is 12. The highest BCUT2D eigenvalue weighted by molar-refractivity contribution is 5.76. The van der Waals surface area contributed by atoms with Crippen LogP contribution in [0.25, 0.3) is 89.0 Å². The lowest BCUT2D eigenvalue weighted by Gasteiger charge is -2.09. The molecule has 0 radical (unpaired) electrons. The summed E-state index contributed by atoms with van der Waals surface area (Å²) < 4.78 is 116. The van der Waals surface area contributed by atoms with Gasteiger partial charge in [-0.1, -0.05) is 287 Å². The maximum atomic E-state index is 14.4. The standard InChI is InChI=1S/4C20H16F2/c4*1-13-3-7-15(8-4-13)17-11-12-18(20(22)19(17)21)16-9-5-14(2)6-10-16/h4*3-12H,1-2H3. The summed E-state index contributed by atoms with van der Waals surface area (Å²) in [5.41, 5.74) is 16.4. The number of halogens is 8. The van der Waals surface area contributed by atoms with E-state index < -0.39 is 46.5 Å². The molecule has 0 unspecified atom stereocenters. The van der Waals surface area contributed by atoms with Gasteiger partial charge >= 0.3 is 0 Å². The number of hydrogen-bond acceptors (Lipinski definition) is 0. The van der Waals surface area contributed by atoms with Gasteiger partial charge in [-0.3, -0.25) is 0 Å². The Morgan fingerprint density at radius 3 is 0.284 bits per heavy atom. The van der Waals surface area contributed by atoms with Crippen molar-refractivity contribution < 1.29 is 35.1 Å². The van der Waals surface area contributed by atoms with Crippen LogP contribution in [0.3, 0.4) is 0 Å². The van der Waals surface area contributed by atoms with Crippen molar-refractivity contribution in [2.75, 3.05) is 0 Å². The molecule has 12 aromatic carbocycles. The predicted molar refractivity (Wildman–Crippen MR) is 347 cm³/mol. The average Bonchev–Trinajstić information content (AvgIpc) is 3.38. The van der Waals surface area contributed by atoms with Crippen LogP contribution in [-0.4, -0.2) is 0 Å². The Morgan fingerprint density at radius 2 is 0.205 bits per heavy atom. The van der Waals surface area contributed by atoms with Gasteiger partial charge < -0.3 is 0 Å². The van der Waals surface area contributed by atoms with Crippen LogP contribution in [0, 0.1) is 102 Å². The summed E-state index contributed by atoms with van der Waals surface area (Å²) in [6.45, 7) is 15.7. The van der Waals surface area contributed by atoms with Crippen molar-refractivity contribution in [2.45, 2.75) is 55.4 Å². The molecule has 12 aromatic rings. The normalized spacial score (nSPS) is 10.7.